The normalized spacial score (nSPS) is 13.1. The van der Waals surface area contributed by atoms with E-state index in [1.807, 2.05) is 0 Å². The summed E-state index contributed by atoms with van der Waals surface area (Å²) in [6.45, 7) is 0.836. The molecule has 1 aromatic rings. The van der Waals surface area contributed by atoms with Gasteiger partial charge in [-0.1, -0.05) is 30.3 Å². The van der Waals surface area contributed by atoms with Gasteiger partial charge in [-0.2, -0.15) is 13.2 Å². The number of halogens is 3. The Labute approximate surface area is 110 Å². The zero-order valence-corrected chi connectivity index (χ0v) is 10.6. The van der Waals surface area contributed by atoms with Crippen molar-refractivity contribution in [2.24, 2.45) is 0 Å². The van der Waals surface area contributed by atoms with Crippen LogP contribution in [0.5, 0.6) is 0 Å². The van der Waals surface area contributed by atoms with Gasteiger partial charge in [-0.3, -0.25) is 4.79 Å². The fraction of sp³-hybridized carbons (Fsp3) is 0.462. The van der Waals surface area contributed by atoms with Crippen LogP contribution in [0.2, 0.25) is 0 Å². The van der Waals surface area contributed by atoms with E-state index in [9.17, 15) is 18.0 Å². The highest BCUT2D eigenvalue weighted by Crippen LogP contribution is 2.37. The molecular formula is C13H17F3N2O. The summed E-state index contributed by atoms with van der Waals surface area (Å²) in [5.41, 5.74) is 0.110. The quantitative estimate of drug-likeness (QED) is 0.780. The largest absolute Gasteiger partial charge is 0.396 e. The van der Waals surface area contributed by atoms with Crippen molar-refractivity contribution in [3.05, 3.63) is 35.9 Å². The van der Waals surface area contributed by atoms with E-state index in [4.69, 9.17) is 0 Å². The number of nitrogens with one attached hydrogen (secondary N) is 2. The van der Waals surface area contributed by atoms with Gasteiger partial charge < -0.3 is 10.6 Å². The number of likely N-dealkylation sites (N-methyl/N-ethyl adjacent to an activating group) is 1. The van der Waals surface area contributed by atoms with Crippen LogP contribution in [-0.4, -0.2) is 32.2 Å². The molecule has 0 aromatic heterocycles. The molecule has 1 aromatic carbocycles. The van der Waals surface area contributed by atoms with E-state index in [1.165, 1.54) is 24.3 Å². The van der Waals surface area contributed by atoms with E-state index in [2.05, 4.69) is 10.6 Å². The Morgan fingerprint density at radius 2 is 1.84 bits per heavy atom. The first-order valence-electron chi connectivity index (χ1n) is 5.98. The van der Waals surface area contributed by atoms with Gasteiger partial charge in [0.1, 0.15) is 0 Å². The molecule has 0 aliphatic carbocycles. The minimum Gasteiger partial charge on any atom is -0.355 e. The van der Waals surface area contributed by atoms with Crippen LogP contribution in [0.1, 0.15) is 17.9 Å². The second-order valence-electron chi connectivity index (χ2n) is 4.16. The summed E-state index contributed by atoms with van der Waals surface area (Å²) in [7, 11) is 1.70. The lowest BCUT2D eigenvalue weighted by atomic mass is 9.95. The maximum atomic E-state index is 13.0. The van der Waals surface area contributed by atoms with Crippen molar-refractivity contribution in [3.8, 4) is 0 Å². The third kappa shape index (κ3) is 5.30. The first-order chi connectivity index (χ1) is 8.95. The summed E-state index contributed by atoms with van der Waals surface area (Å²) in [6.07, 6.45) is -5.01. The minimum atomic E-state index is -4.43. The zero-order chi connectivity index (χ0) is 14.3. The Kier molecular flexibility index (Phi) is 5.82. The van der Waals surface area contributed by atoms with E-state index >= 15 is 0 Å². The molecule has 1 rings (SSSR count). The second kappa shape index (κ2) is 7.13. The summed E-state index contributed by atoms with van der Waals surface area (Å²) in [5, 5.41) is 5.26. The number of rotatable bonds is 6. The summed E-state index contributed by atoms with van der Waals surface area (Å²) in [6, 6.07) is 7.49. The molecule has 0 aliphatic rings. The summed E-state index contributed by atoms with van der Waals surface area (Å²) in [5.74, 6) is -2.36. The molecule has 0 aliphatic heterocycles. The first-order valence-corrected chi connectivity index (χ1v) is 5.98. The van der Waals surface area contributed by atoms with Crippen LogP contribution in [0.25, 0.3) is 0 Å². The molecule has 1 unspecified atom stereocenters. The first kappa shape index (κ1) is 15.5. The number of carbonyl (C=O) groups excluding carboxylic acids is 1. The summed E-state index contributed by atoms with van der Waals surface area (Å²) >= 11 is 0. The third-order valence-corrected chi connectivity index (χ3v) is 2.68. The molecule has 0 saturated heterocycles. The lowest BCUT2D eigenvalue weighted by Gasteiger charge is -2.20. The molecule has 106 valence electrons. The van der Waals surface area contributed by atoms with E-state index in [0.29, 0.717) is 13.1 Å². The number of amides is 1. The second-order valence-corrected chi connectivity index (χ2v) is 4.16. The highest BCUT2D eigenvalue weighted by molar-refractivity contribution is 5.77. The molecule has 19 heavy (non-hydrogen) atoms. The van der Waals surface area contributed by atoms with Crippen LogP contribution in [0.4, 0.5) is 13.2 Å². The molecule has 0 fully saturated rings. The predicted molar refractivity (Wildman–Crippen MR) is 66.8 cm³/mol. The molecule has 2 N–H and O–H groups in total. The van der Waals surface area contributed by atoms with E-state index in [-0.39, 0.29) is 5.56 Å². The molecule has 3 nitrogen and oxygen atoms in total. The molecule has 1 atom stereocenters. The number of hydrogen-bond donors (Lipinski definition) is 2. The topological polar surface area (TPSA) is 41.1 Å². The van der Waals surface area contributed by atoms with E-state index in [0.717, 1.165) is 0 Å². The smallest absolute Gasteiger partial charge is 0.355 e. The van der Waals surface area contributed by atoms with Crippen LogP contribution in [0.3, 0.4) is 0 Å². The molecule has 0 radical (unpaired) electrons. The third-order valence-electron chi connectivity index (χ3n) is 2.68. The highest BCUT2D eigenvalue weighted by Gasteiger charge is 2.41. The monoisotopic (exact) mass is 274 g/mol. The number of benzene rings is 1. The van der Waals surface area contributed by atoms with Crippen molar-refractivity contribution >= 4 is 5.91 Å². The van der Waals surface area contributed by atoms with Gasteiger partial charge in [0.05, 0.1) is 5.92 Å². The van der Waals surface area contributed by atoms with Crippen molar-refractivity contribution in [3.63, 3.8) is 0 Å². The Morgan fingerprint density at radius 3 is 2.37 bits per heavy atom. The predicted octanol–water partition coefficient (Wildman–Crippen LogP) is 2.06. The molecule has 0 saturated carbocycles. The molecule has 0 heterocycles. The molecule has 0 bridgehead atoms. The number of hydrogen-bond acceptors (Lipinski definition) is 2. The van der Waals surface area contributed by atoms with E-state index < -0.39 is 24.4 Å². The Bertz CT molecular complexity index is 393. The molecular weight excluding hydrogens is 257 g/mol. The van der Waals surface area contributed by atoms with Crippen LogP contribution in [0, 0.1) is 0 Å². The van der Waals surface area contributed by atoms with Crippen LogP contribution in [-0.2, 0) is 4.79 Å². The fourth-order valence-electron chi connectivity index (χ4n) is 1.69. The molecule has 6 heteroatoms. The maximum absolute atomic E-state index is 13.0. The Morgan fingerprint density at radius 1 is 1.21 bits per heavy atom. The Hall–Kier alpha value is -1.56. The van der Waals surface area contributed by atoms with Crippen molar-refractivity contribution in [1.82, 2.24) is 10.6 Å². The SMILES string of the molecule is CNCCNC(=O)CC(c1ccccc1)C(F)(F)F. The molecule has 1 amide bonds. The number of alkyl halides is 3. The van der Waals surface area contributed by atoms with E-state index in [1.54, 1.807) is 13.1 Å². The summed E-state index contributed by atoms with van der Waals surface area (Å²) in [4.78, 5) is 11.5. The highest BCUT2D eigenvalue weighted by atomic mass is 19.4. The van der Waals surface area contributed by atoms with Gasteiger partial charge in [-0.15, -0.1) is 0 Å². The van der Waals surface area contributed by atoms with Crippen molar-refractivity contribution in [2.45, 2.75) is 18.5 Å². The van der Waals surface area contributed by atoms with Gasteiger partial charge in [-0.25, -0.2) is 0 Å². The van der Waals surface area contributed by atoms with Crippen molar-refractivity contribution in [2.75, 3.05) is 20.1 Å². The standard InChI is InChI=1S/C13H17F3N2O/c1-17-7-8-18-12(19)9-11(13(14,15)16)10-5-3-2-4-6-10/h2-6,11,17H,7-9H2,1H3,(H,18,19). The fourth-order valence-corrected chi connectivity index (χ4v) is 1.69. The average molecular weight is 274 g/mol. The van der Waals surface area contributed by atoms with Gasteiger partial charge in [0.2, 0.25) is 5.91 Å². The maximum Gasteiger partial charge on any atom is 0.396 e. The lowest BCUT2D eigenvalue weighted by molar-refractivity contribution is -0.157. The zero-order valence-electron chi connectivity index (χ0n) is 10.6. The average Bonchev–Trinajstić information content (AvgIpc) is 2.36. The Balaban J connectivity index is 2.69. The minimum absolute atomic E-state index is 0.110. The van der Waals surface area contributed by atoms with Gasteiger partial charge in [0, 0.05) is 19.5 Å². The van der Waals surface area contributed by atoms with Gasteiger partial charge in [0.15, 0.2) is 0 Å². The van der Waals surface area contributed by atoms with Crippen LogP contribution in [0.15, 0.2) is 30.3 Å². The van der Waals surface area contributed by atoms with Crippen molar-refractivity contribution in [1.29, 1.82) is 0 Å². The van der Waals surface area contributed by atoms with Crippen LogP contribution >= 0.6 is 0 Å². The van der Waals surface area contributed by atoms with Gasteiger partial charge >= 0.3 is 6.18 Å². The van der Waals surface area contributed by atoms with Gasteiger partial charge in [0.25, 0.3) is 0 Å². The van der Waals surface area contributed by atoms with Crippen LogP contribution < -0.4 is 10.6 Å². The van der Waals surface area contributed by atoms with Gasteiger partial charge in [-0.05, 0) is 12.6 Å². The molecule has 0 spiro atoms. The van der Waals surface area contributed by atoms with Crippen molar-refractivity contribution < 1.29 is 18.0 Å². The number of carbonyl (C=O) groups is 1. The summed E-state index contributed by atoms with van der Waals surface area (Å²) < 4.78 is 38.9. The lowest BCUT2D eigenvalue weighted by Crippen LogP contribution is -2.34.